The van der Waals surface area contributed by atoms with E-state index in [0.29, 0.717) is 12.2 Å². The van der Waals surface area contributed by atoms with Gasteiger partial charge in [0.15, 0.2) is 15.6 Å². The summed E-state index contributed by atoms with van der Waals surface area (Å²) < 4.78 is 29.5. The van der Waals surface area contributed by atoms with E-state index in [1.54, 1.807) is 25.1 Å². The minimum atomic E-state index is -3.17. The summed E-state index contributed by atoms with van der Waals surface area (Å²) in [7, 11) is -4.42. The first-order valence-corrected chi connectivity index (χ1v) is 14.6. The summed E-state index contributed by atoms with van der Waals surface area (Å²) in [6.07, 6.45) is 2.74. The maximum Gasteiger partial charge on any atom is 0.165 e. The van der Waals surface area contributed by atoms with Gasteiger partial charge in [-0.3, -0.25) is 4.79 Å². The molecule has 0 saturated heterocycles. The summed E-state index contributed by atoms with van der Waals surface area (Å²) in [6.45, 7) is 10.9. The van der Waals surface area contributed by atoms with E-state index < -0.39 is 29.3 Å². The van der Waals surface area contributed by atoms with Crippen molar-refractivity contribution in [3.05, 3.63) is 47.5 Å². The highest BCUT2D eigenvalue weighted by Crippen LogP contribution is 2.19. The van der Waals surface area contributed by atoms with Gasteiger partial charge in [-0.25, -0.2) is 8.42 Å². The first-order chi connectivity index (χ1) is 11.9. The molecular weight excluding hydrogens is 364 g/mol. The van der Waals surface area contributed by atoms with Crippen LogP contribution in [0.25, 0.3) is 0 Å². The van der Waals surface area contributed by atoms with Gasteiger partial charge in [0.05, 0.1) is 11.4 Å². The summed E-state index contributed by atoms with van der Waals surface area (Å²) in [5.74, 6) is 0.00311. The van der Waals surface area contributed by atoms with E-state index in [2.05, 4.69) is 19.6 Å². The number of carbonyl (C=O) groups excluding carboxylic acids is 1. The summed E-state index contributed by atoms with van der Waals surface area (Å²) >= 11 is 0. The van der Waals surface area contributed by atoms with Crippen molar-refractivity contribution in [3.63, 3.8) is 0 Å². The van der Waals surface area contributed by atoms with Gasteiger partial charge in [-0.05, 0) is 25.5 Å². The number of ether oxygens (including phenoxy) is 1. The van der Waals surface area contributed by atoms with Gasteiger partial charge in [-0.2, -0.15) is 0 Å². The smallest absolute Gasteiger partial charge is 0.165 e. The van der Waals surface area contributed by atoms with Crippen LogP contribution >= 0.6 is 0 Å². The number of hydrogen-bond acceptors (Lipinski definition) is 4. The second kappa shape index (κ2) is 9.62. The lowest BCUT2D eigenvalue weighted by molar-refractivity contribution is 0.0677. The molecule has 1 aromatic carbocycles. The molecule has 0 radical (unpaired) electrons. The molecule has 0 aliphatic heterocycles. The van der Waals surface area contributed by atoms with E-state index in [-0.39, 0.29) is 12.2 Å². The zero-order valence-corrected chi connectivity index (χ0v) is 18.6. The van der Waals surface area contributed by atoms with Crippen LogP contribution in [0.2, 0.25) is 25.7 Å². The van der Waals surface area contributed by atoms with Crippen LogP contribution in [-0.4, -0.2) is 46.5 Å². The molecule has 0 fully saturated rings. The largest absolute Gasteiger partial charge is 0.374 e. The third-order valence-electron chi connectivity index (χ3n) is 4.32. The minimum absolute atomic E-state index is 0.00311. The Morgan fingerprint density at radius 3 is 2.27 bits per heavy atom. The van der Waals surface area contributed by atoms with Gasteiger partial charge in [-0.15, -0.1) is 0 Å². The first kappa shape index (κ1) is 22.8. The third kappa shape index (κ3) is 8.43. The standard InChI is InChI=1S/C20H32O4SSi/c1-16(14-17(2)25(3,22)23)20(24-12-13-26(4,5)6)15-19(21)18-10-8-7-9-11-18/h7-11,14,17,20H,12-13,15H2,1-6H3/b16-14-/t17-,20+/m0/s1. The second-order valence-corrected chi connectivity index (χ2v) is 16.1. The van der Waals surface area contributed by atoms with Gasteiger partial charge in [0.25, 0.3) is 0 Å². The Kier molecular flexibility index (Phi) is 8.44. The van der Waals surface area contributed by atoms with E-state index in [9.17, 15) is 13.2 Å². The Hall–Kier alpha value is -1.24. The molecule has 0 N–H and O–H groups in total. The van der Waals surface area contributed by atoms with Gasteiger partial charge in [0.2, 0.25) is 0 Å². The van der Waals surface area contributed by atoms with E-state index in [1.165, 1.54) is 6.26 Å². The molecule has 2 atom stereocenters. The highest BCUT2D eigenvalue weighted by molar-refractivity contribution is 7.91. The molecule has 1 rings (SSSR count). The molecule has 0 unspecified atom stereocenters. The number of Topliss-reactive ketones (excluding diaryl/α,β-unsaturated/α-hetero) is 1. The Balaban J connectivity index is 2.94. The summed E-state index contributed by atoms with van der Waals surface area (Å²) in [5, 5.41) is -0.600. The Labute approximate surface area is 159 Å². The molecule has 6 heteroatoms. The fourth-order valence-corrected chi connectivity index (χ4v) is 3.56. The number of rotatable bonds is 10. The van der Waals surface area contributed by atoms with E-state index in [4.69, 9.17) is 4.74 Å². The molecule has 1 aromatic rings. The van der Waals surface area contributed by atoms with Crippen molar-refractivity contribution in [1.82, 2.24) is 0 Å². The lowest BCUT2D eigenvalue weighted by atomic mass is 10.0. The third-order valence-corrected chi connectivity index (χ3v) is 7.51. The lowest BCUT2D eigenvalue weighted by Gasteiger charge is -2.22. The van der Waals surface area contributed by atoms with Crippen LogP contribution in [0.4, 0.5) is 0 Å². The molecule has 0 saturated carbocycles. The van der Waals surface area contributed by atoms with Gasteiger partial charge in [-0.1, -0.05) is 56.0 Å². The minimum Gasteiger partial charge on any atom is -0.374 e. The van der Waals surface area contributed by atoms with Crippen molar-refractivity contribution < 1.29 is 17.9 Å². The van der Waals surface area contributed by atoms with Crippen LogP contribution in [0, 0.1) is 0 Å². The average Bonchev–Trinajstić information content (AvgIpc) is 2.52. The quantitative estimate of drug-likeness (QED) is 0.335. The van der Waals surface area contributed by atoms with Crippen molar-refractivity contribution in [1.29, 1.82) is 0 Å². The number of carbonyl (C=O) groups is 1. The van der Waals surface area contributed by atoms with E-state index in [0.717, 1.165) is 11.6 Å². The molecule has 0 aliphatic rings. The Bertz CT molecular complexity index is 718. The van der Waals surface area contributed by atoms with Gasteiger partial charge < -0.3 is 4.74 Å². The average molecular weight is 397 g/mol. The first-order valence-electron chi connectivity index (χ1n) is 8.97. The van der Waals surface area contributed by atoms with E-state index in [1.807, 2.05) is 25.1 Å². The highest BCUT2D eigenvalue weighted by atomic mass is 32.2. The van der Waals surface area contributed by atoms with Crippen LogP contribution in [0.3, 0.4) is 0 Å². The van der Waals surface area contributed by atoms with Crippen LogP contribution in [-0.2, 0) is 14.6 Å². The predicted molar refractivity (Wildman–Crippen MR) is 111 cm³/mol. The molecule has 26 heavy (non-hydrogen) atoms. The maximum absolute atomic E-state index is 12.6. The fraction of sp³-hybridized carbons (Fsp3) is 0.550. The molecule has 0 spiro atoms. The number of ketones is 1. The van der Waals surface area contributed by atoms with Crippen molar-refractivity contribution in [3.8, 4) is 0 Å². The van der Waals surface area contributed by atoms with Crippen molar-refractivity contribution in [2.75, 3.05) is 12.9 Å². The van der Waals surface area contributed by atoms with Gasteiger partial charge in [0.1, 0.15) is 0 Å². The molecule has 0 heterocycles. The Morgan fingerprint density at radius 1 is 1.19 bits per heavy atom. The molecule has 146 valence electrons. The predicted octanol–water partition coefficient (Wildman–Crippen LogP) is 4.36. The number of benzene rings is 1. The molecule has 0 amide bonds. The summed E-state index contributed by atoms with van der Waals surface area (Å²) in [5.41, 5.74) is 1.44. The van der Waals surface area contributed by atoms with Crippen LogP contribution in [0.15, 0.2) is 42.0 Å². The second-order valence-electron chi connectivity index (χ2n) is 8.11. The summed E-state index contributed by atoms with van der Waals surface area (Å²) in [4.78, 5) is 12.6. The Morgan fingerprint density at radius 2 is 1.77 bits per heavy atom. The number of hydrogen-bond donors (Lipinski definition) is 0. The molecule has 0 aromatic heterocycles. The molecule has 0 aliphatic carbocycles. The normalized spacial score (nSPS) is 15.5. The SMILES string of the molecule is C/C(=C/[C@H](C)S(C)(=O)=O)[C@@H](CC(=O)c1ccccc1)OCC[Si](C)(C)C. The monoisotopic (exact) mass is 396 g/mol. The topological polar surface area (TPSA) is 60.4 Å². The zero-order valence-electron chi connectivity index (χ0n) is 16.8. The van der Waals surface area contributed by atoms with Crippen molar-refractivity contribution >= 4 is 23.7 Å². The zero-order chi connectivity index (χ0) is 20.0. The molecule has 0 bridgehead atoms. The van der Waals surface area contributed by atoms with Crippen molar-refractivity contribution in [2.45, 2.75) is 57.3 Å². The van der Waals surface area contributed by atoms with Crippen molar-refractivity contribution in [2.24, 2.45) is 0 Å². The molecular formula is C20H32O4SSi. The van der Waals surface area contributed by atoms with Crippen LogP contribution < -0.4 is 0 Å². The number of sulfone groups is 1. The molecule has 4 nitrogen and oxygen atoms in total. The fourth-order valence-electron chi connectivity index (χ4n) is 2.37. The van der Waals surface area contributed by atoms with Crippen LogP contribution in [0.1, 0.15) is 30.6 Å². The van der Waals surface area contributed by atoms with Crippen LogP contribution in [0.5, 0.6) is 0 Å². The lowest BCUT2D eigenvalue weighted by Crippen LogP contribution is -2.26. The van der Waals surface area contributed by atoms with Gasteiger partial charge >= 0.3 is 0 Å². The van der Waals surface area contributed by atoms with E-state index >= 15 is 0 Å². The summed E-state index contributed by atoms with van der Waals surface area (Å²) in [6, 6.07) is 10.1. The van der Waals surface area contributed by atoms with Gasteiger partial charge in [0, 0.05) is 32.9 Å². The maximum atomic E-state index is 12.6. The highest BCUT2D eigenvalue weighted by Gasteiger charge is 2.21.